The van der Waals surface area contributed by atoms with Gasteiger partial charge in [-0.25, -0.2) is 9.98 Å². The molecule has 13 nitrogen and oxygen atoms in total. The highest BCUT2D eigenvalue weighted by Crippen LogP contribution is 2.27. The van der Waals surface area contributed by atoms with Gasteiger partial charge in [-0.1, -0.05) is 116 Å². The van der Waals surface area contributed by atoms with Gasteiger partial charge in [0.25, 0.3) is 0 Å². The van der Waals surface area contributed by atoms with Crippen molar-refractivity contribution >= 4 is 46.2 Å². The monoisotopic (exact) mass is 991 g/mol. The molecule has 3 N–H and O–H groups in total. The van der Waals surface area contributed by atoms with E-state index in [4.69, 9.17) is 30.1 Å². The van der Waals surface area contributed by atoms with Crippen LogP contribution in [0.4, 0.5) is 5.82 Å². The molecule has 2 aromatic rings. The maximum atomic E-state index is 13.0. The molecule has 1 aliphatic rings. The molecular formula is C55H102N6O7S. The minimum atomic E-state index is -0.884. The number of rotatable bonds is 22. The number of hydrogen-bond acceptors (Lipinski definition) is 13. The minimum absolute atomic E-state index is 0.00375. The third kappa shape index (κ3) is 36.0. The molecule has 3 rings (SSSR count). The molecule has 0 radical (unpaired) electrons. The number of nitrogens with zero attached hydrogens (tertiary/aromatic N) is 4. The fraction of sp³-hybridized carbons (Fsp3) is 0.727. The van der Waals surface area contributed by atoms with E-state index < -0.39 is 30.4 Å². The van der Waals surface area contributed by atoms with Crippen LogP contribution in [0.25, 0.3) is 10.6 Å². The number of hydrogen-bond donors (Lipinski definition) is 2. The first-order chi connectivity index (χ1) is 32.7. The van der Waals surface area contributed by atoms with Gasteiger partial charge in [0, 0.05) is 59.6 Å². The van der Waals surface area contributed by atoms with Gasteiger partial charge >= 0.3 is 5.97 Å². The number of nitrogens with one attached hydrogen (secondary N) is 1. The van der Waals surface area contributed by atoms with E-state index in [0.717, 1.165) is 47.7 Å². The molecule has 69 heavy (non-hydrogen) atoms. The number of amides is 1. The lowest BCUT2D eigenvalue weighted by molar-refractivity contribution is -0.237. The van der Waals surface area contributed by atoms with Crippen molar-refractivity contribution in [3.63, 3.8) is 0 Å². The number of aryl methyl sites for hydroxylation is 1. The van der Waals surface area contributed by atoms with E-state index in [2.05, 4.69) is 47.2 Å². The Bertz CT molecular complexity index is 1630. The molecule has 1 aliphatic heterocycles. The summed E-state index contributed by atoms with van der Waals surface area (Å²) in [5.74, 6) is -0.526. The molecule has 0 spiro atoms. The Kier molecular flexibility index (Phi) is 47.3. The average molecular weight is 992 g/mol. The fourth-order valence-electron chi connectivity index (χ4n) is 5.44. The second-order valence-electron chi connectivity index (χ2n) is 17.0. The van der Waals surface area contributed by atoms with E-state index in [9.17, 15) is 14.4 Å². The van der Waals surface area contributed by atoms with Crippen LogP contribution in [0.2, 0.25) is 0 Å². The number of carbonyl (C=O) groups excluding carboxylic acids is 3. The van der Waals surface area contributed by atoms with Crippen LogP contribution in [-0.4, -0.2) is 102 Å². The summed E-state index contributed by atoms with van der Waals surface area (Å²) in [5, 5.41) is 10.9. The van der Waals surface area contributed by atoms with E-state index in [1.165, 1.54) is 24.2 Å². The van der Waals surface area contributed by atoms with E-state index in [0.29, 0.717) is 42.8 Å². The van der Waals surface area contributed by atoms with Crippen molar-refractivity contribution in [2.24, 2.45) is 22.7 Å². The summed E-state index contributed by atoms with van der Waals surface area (Å²) >= 11 is 1.54. The summed E-state index contributed by atoms with van der Waals surface area (Å²) in [6.07, 6.45) is 10.2. The normalized spacial score (nSPS) is 16.3. The van der Waals surface area contributed by atoms with Crippen LogP contribution in [0.1, 0.15) is 188 Å². The lowest BCUT2D eigenvalue weighted by Crippen LogP contribution is -2.46. The number of nitrogens with two attached hydrogens (primary N) is 1. The van der Waals surface area contributed by atoms with Gasteiger partial charge in [-0.15, -0.1) is 17.9 Å². The molecule has 0 bridgehead atoms. The molecule has 1 fully saturated rings. The van der Waals surface area contributed by atoms with Crippen molar-refractivity contribution in [1.29, 1.82) is 5.41 Å². The van der Waals surface area contributed by atoms with Crippen molar-refractivity contribution < 1.29 is 33.3 Å². The summed E-state index contributed by atoms with van der Waals surface area (Å²) in [5.41, 5.74) is 9.09. The summed E-state index contributed by atoms with van der Waals surface area (Å²) in [7, 11) is 4.07. The molecule has 0 aliphatic carbocycles. The zero-order valence-electron chi connectivity index (χ0n) is 47.3. The molecule has 5 unspecified atom stereocenters. The van der Waals surface area contributed by atoms with Crippen molar-refractivity contribution in [3.8, 4) is 10.6 Å². The summed E-state index contributed by atoms with van der Waals surface area (Å²) in [6, 6.07) is 4.36. The minimum Gasteiger partial charge on any atom is -0.465 e. The zero-order valence-corrected chi connectivity index (χ0v) is 48.1. The van der Waals surface area contributed by atoms with Crippen LogP contribution in [0.3, 0.4) is 0 Å². The summed E-state index contributed by atoms with van der Waals surface area (Å²) in [4.78, 5) is 50.6. The topological polar surface area (TPSA) is 179 Å². The van der Waals surface area contributed by atoms with E-state index in [-0.39, 0.29) is 43.3 Å². The molecule has 14 heteroatoms. The molecule has 6 atom stereocenters. The Balaban J connectivity index is -0.000000502. The van der Waals surface area contributed by atoms with E-state index >= 15 is 0 Å². The molecule has 1 saturated heterocycles. The predicted molar refractivity (Wildman–Crippen MR) is 295 cm³/mol. The number of aliphatic imine (C=N–C) groups is 1. The molecular weight excluding hydrogens is 889 g/mol. The van der Waals surface area contributed by atoms with Crippen LogP contribution in [0.5, 0.6) is 0 Å². The van der Waals surface area contributed by atoms with Gasteiger partial charge in [-0.05, 0) is 97.9 Å². The Morgan fingerprint density at radius 3 is 2.06 bits per heavy atom. The highest BCUT2D eigenvalue weighted by molar-refractivity contribution is 7.13. The summed E-state index contributed by atoms with van der Waals surface area (Å²) in [6.45, 7) is 39.7. The van der Waals surface area contributed by atoms with Crippen molar-refractivity contribution in [2.45, 2.75) is 219 Å². The number of esters is 1. The number of allylic oxidation sites excluding steroid dienone is 1. The number of thiazole rings is 1. The smallest absolute Gasteiger partial charge is 0.316 e. The number of ketones is 1. The van der Waals surface area contributed by atoms with Crippen LogP contribution < -0.4 is 5.73 Å². The van der Waals surface area contributed by atoms with Gasteiger partial charge in [0.1, 0.15) is 22.5 Å². The Hall–Kier alpha value is -3.69. The number of unbranched alkanes of at least 4 members (excludes halogenated alkanes) is 2. The van der Waals surface area contributed by atoms with Crippen molar-refractivity contribution in [2.75, 3.05) is 33.0 Å². The first-order valence-electron chi connectivity index (χ1n) is 25.9. The van der Waals surface area contributed by atoms with Crippen molar-refractivity contribution in [1.82, 2.24) is 14.9 Å². The van der Waals surface area contributed by atoms with Crippen LogP contribution in [-0.2, 0) is 39.8 Å². The second-order valence-corrected chi connectivity index (χ2v) is 17.8. The lowest BCUT2D eigenvalue weighted by atomic mass is 9.98. The fourth-order valence-corrected chi connectivity index (χ4v) is 6.14. The van der Waals surface area contributed by atoms with Gasteiger partial charge < -0.3 is 35.0 Å². The number of nitrogen functional groups attached to an aromatic ring is 1. The molecule has 0 aromatic carbocycles. The zero-order chi connectivity index (χ0) is 54.1. The third-order valence-electron chi connectivity index (χ3n) is 10.1. The Labute approximate surface area is 426 Å². The third-order valence-corrected chi connectivity index (χ3v) is 11.0. The highest BCUT2D eigenvalue weighted by Gasteiger charge is 2.35. The number of ether oxygens (including phenoxy) is 4. The largest absolute Gasteiger partial charge is 0.465 e. The quantitative estimate of drug-likeness (QED) is 0.0377. The van der Waals surface area contributed by atoms with Crippen LogP contribution >= 0.6 is 11.3 Å². The number of anilines is 1. The highest BCUT2D eigenvalue weighted by atomic mass is 32.1. The average Bonchev–Trinajstić information content (AvgIpc) is 3.79. The van der Waals surface area contributed by atoms with Gasteiger partial charge in [0.15, 0.2) is 6.29 Å². The van der Waals surface area contributed by atoms with Gasteiger partial charge in [0.05, 0.1) is 31.5 Å². The maximum absolute atomic E-state index is 13.0. The first kappa shape index (κ1) is 71.9. The SMILES string of the molecule is C=CCCCC(=N)COC(C)[C@@H](CC(=O)C(C)C(=O)OCC(C)C)OC1CC(N(C)C)CC(C)O1.CC.CC.CC.CCC(=O)N=C(C)C(C)C.CCCC.CCc1ccc(-c2nc(N)cs2)cn1. The Morgan fingerprint density at radius 2 is 1.61 bits per heavy atom. The predicted octanol–water partition coefficient (Wildman–Crippen LogP) is 13.7. The maximum Gasteiger partial charge on any atom is 0.316 e. The van der Waals surface area contributed by atoms with Gasteiger partial charge in [0.2, 0.25) is 5.91 Å². The summed E-state index contributed by atoms with van der Waals surface area (Å²) < 4.78 is 23.5. The number of pyridine rings is 1. The van der Waals surface area contributed by atoms with Gasteiger partial charge in [-0.2, -0.15) is 0 Å². The van der Waals surface area contributed by atoms with Crippen LogP contribution in [0.15, 0.2) is 41.4 Å². The first-order valence-corrected chi connectivity index (χ1v) is 26.8. The number of Topliss-reactive ketones (excluding diaryl/α,β-unsaturated/α-hetero) is 1. The van der Waals surface area contributed by atoms with Gasteiger partial charge in [-0.3, -0.25) is 19.4 Å². The second kappa shape index (κ2) is 45.4. The number of aromatic nitrogens is 2. The molecule has 0 saturated carbocycles. The molecule has 1 amide bonds. The lowest BCUT2D eigenvalue weighted by Gasteiger charge is -2.39. The van der Waals surface area contributed by atoms with E-state index in [1.807, 2.05) is 141 Å². The molecule has 400 valence electrons. The Morgan fingerprint density at radius 1 is 1.00 bits per heavy atom. The van der Waals surface area contributed by atoms with Crippen LogP contribution in [0, 0.1) is 23.2 Å². The molecule has 3 heterocycles. The molecule has 2 aromatic heterocycles. The number of carbonyl (C=O) groups is 3. The standard InChI is InChI=1S/C27H48N2O6.C10H11N3S.C8H15NO.C4H10.3C2H6/c1-9-10-11-12-22(28)17-32-21(6)25(15-24(30)20(5)27(31)33-16-18(2)3)35-26-14-23(29(7)8)13-19(4)34-26;1-2-8-4-3-7(5-12-8)10-13-9(11)6-14-10;1-5-8(10)9-7(4)6(2)3;1-3-4-2;3*1-2/h9,18-21,23,25-26,28H,1,10-17H2,2-8H3;3-6H,2,11H2,1H3;6H,5H2,1-4H3;3-4H2,1-2H3;3*1-2H3/t19?,20?,21?,23?,25-,26?;;;;;;/m1....../s1. The van der Waals surface area contributed by atoms with E-state index in [1.54, 1.807) is 6.92 Å². The van der Waals surface area contributed by atoms with Crippen molar-refractivity contribution in [3.05, 3.63) is 42.1 Å².